The monoisotopic (exact) mass is 830 g/mol. The Bertz CT molecular complexity index is 2500. The molecule has 1 heterocycles. The minimum atomic E-state index is -0.981. The largest absolute Gasteiger partial charge is 0.497 e. The van der Waals surface area contributed by atoms with Crippen LogP contribution in [0.15, 0.2) is 121 Å². The van der Waals surface area contributed by atoms with Gasteiger partial charge in [0.15, 0.2) is 5.60 Å². The van der Waals surface area contributed by atoms with E-state index in [0.717, 1.165) is 82.4 Å². The predicted molar refractivity (Wildman–Crippen MR) is 253 cm³/mol. The van der Waals surface area contributed by atoms with Gasteiger partial charge >= 0.3 is 0 Å². The van der Waals surface area contributed by atoms with Gasteiger partial charge in [-0.25, -0.2) is 0 Å². The first-order chi connectivity index (χ1) is 29.8. The third kappa shape index (κ3) is 7.56. The van der Waals surface area contributed by atoms with Crippen LogP contribution in [0.2, 0.25) is 0 Å². The van der Waals surface area contributed by atoms with Gasteiger partial charge in [0, 0.05) is 39.1 Å². The molecule has 0 saturated heterocycles. The second kappa shape index (κ2) is 16.8. The van der Waals surface area contributed by atoms with Gasteiger partial charge in [-0.1, -0.05) is 103 Å². The number of benzene rings is 5. The predicted octanol–water partition coefficient (Wildman–Crippen LogP) is 14.0. The second-order valence-electron chi connectivity index (χ2n) is 18.7. The summed E-state index contributed by atoms with van der Waals surface area (Å²) in [7, 11) is 5.01. The van der Waals surface area contributed by atoms with Crippen molar-refractivity contribution in [2.45, 2.75) is 84.7 Å². The van der Waals surface area contributed by atoms with E-state index in [0.29, 0.717) is 30.5 Å². The van der Waals surface area contributed by atoms with Gasteiger partial charge in [0.25, 0.3) is 0 Å². The molecule has 6 nitrogen and oxygen atoms in total. The zero-order valence-corrected chi connectivity index (χ0v) is 38.1. The Hall–Kier alpha value is -5.88. The fraction of sp³-hybridized carbons (Fsp3) is 0.357. The Kier molecular flexibility index (Phi) is 11.6. The lowest BCUT2D eigenvalue weighted by Crippen LogP contribution is -2.44. The minimum absolute atomic E-state index is 0.0855. The molecule has 3 aliphatic rings. The maximum Gasteiger partial charge on any atom is 0.178 e. The van der Waals surface area contributed by atoms with Crippen LogP contribution in [-0.2, 0) is 20.5 Å². The van der Waals surface area contributed by atoms with E-state index in [1.54, 1.807) is 27.4 Å². The van der Waals surface area contributed by atoms with Gasteiger partial charge in [-0.15, -0.1) is 0 Å². The maximum atomic E-state index is 7.83. The standard InChI is InChI=1S/C56H62O6/c1-11-28-60-41-22-18-38(19-23-41)56(39-20-24-42(25-21-39)61-29-12-2)27-26-45-51-50(44-16-14-15-17-48(44)55(51)35-53(4,5)34-54(6,7)36-55)46-31-37(30-43(58-9)32-40(13-3)57-8)49(59-10)33-47(46)52(45)62-56/h13-27,30-33H,3,11-12,28-29,34-36H2,1-2,4-10H3/b40-32+,43-30-. The summed E-state index contributed by atoms with van der Waals surface area (Å²) in [5.41, 5.74) is 8.20. The highest BCUT2D eigenvalue weighted by molar-refractivity contribution is 6.10. The van der Waals surface area contributed by atoms with Crippen LogP contribution in [-0.4, -0.2) is 34.5 Å². The molecule has 0 amide bonds. The number of fused-ring (bicyclic) bond motifs is 10. The highest BCUT2D eigenvalue weighted by Gasteiger charge is 2.55. The van der Waals surface area contributed by atoms with Crippen molar-refractivity contribution in [1.29, 1.82) is 0 Å². The van der Waals surface area contributed by atoms with Crippen LogP contribution in [0.25, 0.3) is 34.1 Å². The lowest BCUT2D eigenvalue weighted by atomic mass is 9.52. The molecule has 1 spiro atoms. The molecular formula is C56H62O6. The van der Waals surface area contributed by atoms with Crippen molar-refractivity contribution >= 4 is 22.9 Å². The average Bonchev–Trinajstić information content (AvgIpc) is 3.53. The zero-order valence-electron chi connectivity index (χ0n) is 38.1. The molecule has 8 rings (SSSR count). The zero-order chi connectivity index (χ0) is 43.9. The van der Waals surface area contributed by atoms with Crippen LogP contribution in [0.1, 0.15) is 107 Å². The van der Waals surface area contributed by atoms with Crippen LogP contribution < -0.4 is 18.9 Å². The summed E-state index contributed by atoms with van der Waals surface area (Å²) in [6.07, 6.45) is 15.2. The molecule has 6 heteroatoms. The SMILES string of the molecule is C=C/C(=C\C(=C\c1cc2c3c(c4c(c2cc1OC)OC(c1ccc(OCCC)cc1)(c1ccc(OCCC)cc1)C=C4)C1(CC(C)(C)CC(C)(C)C1)c1ccccc1-3)OC)OC. The first-order valence-electron chi connectivity index (χ1n) is 22.2. The Morgan fingerprint density at radius 3 is 1.87 bits per heavy atom. The van der Waals surface area contributed by atoms with E-state index in [4.69, 9.17) is 28.4 Å². The Morgan fingerprint density at radius 1 is 0.726 bits per heavy atom. The van der Waals surface area contributed by atoms with Crippen molar-refractivity contribution in [1.82, 2.24) is 0 Å². The summed E-state index contributed by atoms with van der Waals surface area (Å²) in [5.74, 6) is 4.40. The minimum Gasteiger partial charge on any atom is -0.497 e. The van der Waals surface area contributed by atoms with E-state index in [-0.39, 0.29) is 16.2 Å². The highest BCUT2D eigenvalue weighted by atomic mass is 16.5. The third-order valence-corrected chi connectivity index (χ3v) is 12.9. The van der Waals surface area contributed by atoms with E-state index >= 15 is 0 Å². The summed E-state index contributed by atoms with van der Waals surface area (Å²) in [6.45, 7) is 19.3. The van der Waals surface area contributed by atoms with E-state index in [1.165, 1.54) is 22.3 Å². The summed E-state index contributed by atoms with van der Waals surface area (Å²) in [4.78, 5) is 0. The topological polar surface area (TPSA) is 55.4 Å². The molecule has 322 valence electrons. The first-order valence-corrected chi connectivity index (χ1v) is 22.2. The third-order valence-electron chi connectivity index (χ3n) is 12.9. The van der Waals surface area contributed by atoms with Gasteiger partial charge in [0.1, 0.15) is 34.5 Å². The molecule has 0 N–H and O–H groups in total. The summed E-state index contributed by atoms with van der Waals surface area (Å²) >= 11 is 0. The van der Waals surface area contributed by atoms with E-state index < -0.39 is 5.60 Å². The quantitative estimate of drug-likeness (QED) is 0.0821. The molecular weight excluding hydrogens is 769 g/mol. The molecule has 1 fully saturated rings. The lowest BCUT2D eigenvalue weighted by molar-refractivity contribution is 0.0642. The second-order valence-corrected chi connectivity index (χ2v) is 18.7. The molecule has 2 aliphatic carbocycles. The smallest absolute Gasteiger partial charge is 0.178 e. The molecule has 1 saturated carbocycles. The van der Waals surface area contributed by atoms with Crippen molar-refractivity contribution in [2.75, 3.05) is 34.5 Å². The van der Waals surface area contributed by atoms with Gasteiger partial charge in [0.05, 0.1) is 34.5 Å². The lowest BCUT2D eigenvalue weighted by Gasteiger charge is -2.52. The normalized spacial score (nSPS) is 17.7. The van der Waals surface area contributed by atoms with Crippen molar-refractivity contribution in [2.24, 2.45) is 10.8 Å². The van der Waals surface area contributed by atoms with Gasteiger partial charge in [0.2, 0.25) is 0 Å². The van der Waals surface area contributed by atoms with Crippen LogP contribution >= 0.6 is 0 Å². The summed E-state index contributed by atoms with van der Waals surface area (Å²) in [5, 5.41) is 2.08. The Labute approximate surface area is 368 Å². The average molecular weight is 831 g/mol. The van der Waals surface area contributed by atoms with Gasteiger partial charge in [-0.3, -0.25) is 0 Å². The van der Waals surface area contributed by atoms with Crippen molar-refractivity contribution in [3.8, 4) is 34.1 Å². The summed E-state index contributed by atoms with van der Waals surface area (Å²) in [6, 6.07) is 30.3. The molecule has 0 aromatic heterocycles. The van der Waals surface area contributed by atoms with Crippen LogP contribution in [0.3, 0.4) is 0 Å². The van der Waals surface area contributed by atoms with Crippen LogP contribution in [0, 0.1) is 10.8 Å². The van der Waals surface area contributed by atoms with E-state index in [2.05, 4.69) is 145 Å². The van der Waals surface area contributed by atoms with Crippen LogP contribution in [0.4, 0.5) is 0 Å². The molecule has 0 radical (unpaired) electrons. The summed E-state index contributed by atoms with van der Waals surface area (Å²) < 4.78 is 37.7. The molecule has 0 unspecified atom stereocenters. The van der Waals surface area contributed by atoms with Crippen molar-refractivity contribution in [3.63, 3.8) is 0 Å². The van der Waals surface area contributed by atoms with Crippen molar-refractivity contribution < 1.29 is 28.4 Å². The Morgan fingerprint density at radius 2 is 1.32 bits per heavy atom. The molecule has 62 heavy (non-hydrogen) atoms. The highest BCUT2D eigenvalue weighted by Crippen LogP contribution is 2.67. The van der Waals surface area contributed by atoms with Crippen LogP contribution in [0.5, 0.6) is 23.0 Å². The number of rotatable bonds is 14. The molecule has 5 aromatic carbocycles. The number of methoxy groups -OCH3 is 3. The molecule has 0 atom stereocenters. The van der Waals surface area contributed by atoms with E-state index in [1.807, 2.05) is 12.2 Å². The molecule has 5 aromatic rings. The maximum absolute atomic E-state index is 7.83. The fourth-order valence-electron chi connectivity index (χ4n) is 11.2. The van der Waals surface area contributed by atoms with Gasteiger partial charge < -0.3 is 28.4 Å². The number of allylic oxidation sites excluding steroid dienone is 2. The molecule has 1 aliphatic heterocycles. The van der Waals surface area contributed by atoms with Gasteiger partial charge in [-0.2, -0.15) is 0 Å². The van der Waals surface area contributed by atoms with Gasteiger partial charge in [-0.05, 0) is 125 Å². The fourth-order valence-corrected chi connectivity index (χ4v) is 11.2. The first kappa shape index (κ1) is 42.8. The Balaban J connectivity index is 1.46. The van der Waals surface area contributed by atoms with E-state index in [9.17, 15) is 0 Å². The molecule has 0 bridgehead atoms. The van der Waals surface area contributed by atoms with Crippen molar-refractivity contribution in [3.05, 3.63) is 155 Å². The number of hydrogen-bond acceptors (Lipinski definition) is 6. The number of ether oxygens (including phenoxy) is 6. The number of hydrogen-bond donors (Lipinski definition) is 0.